The highest BCUT2D eigenvalue weighted by molar-refractivity contribution is 8.00. The number of hydrogen-bond acceptors (Lipinski definition) is 5. The molecule has 152 valence electrons. The summed E-state index contributed by atoms with van der Waals surface area (Å²) >= 11 is 3.05. The van der Waals surface area contributed by atoms with Crippen molar-refractivity contribution in [2.45, 2.75) is 32.7 Å². The molecule has 0 spiro atoms. The number of hydrogen-bond donors (Lipinski definition) is 0. The van der Waals surface area contributed by atoms with Crippen LogP contribution in [0, 0.1) is 33.5 Å². The third-order valence-corrected chi connectivity index (χ3v) is 7.25. The van der Waals surface area contributed by atoms with Crippen LogP contribution < -0.4 is 0 Å². The van der Waals surface area contributed by atoms with Crippen molar-refractivity contribution in [2.24, 2.45) is 0 Å². The third-order valence-electron chi connectivity index (χ3n) is 5.25. The van der Waals surface area contributed by atoms with Crippen molar-refractivity contribution in [3.05, 3.63) is 75.7 Å². The first-order valence-electron chi connectivity index (χ1n) is 9.59. The molecule has 6 heteroatoms. The molecule has 0 fully saturated rings. The van der Waals surface area contributed by atoms with E-state index in [0.29, 0.717) is 11.1 Å². The van der Waals surface area contributed by atoms with E-state index < -0.39 is 0 Å². The minimum atomic E-state index is -0.302. The third kappa shape index (κ3) is 3.89. The second-order valence-electron chi connectivity index (χ2n) is 7.37. The summed E-state index contributed by atoms with van der Waals surface area (Å²) in [5.41, 5.74) is 5.75. The van der Waals surface area contributed by atoms with Gasteiger partial charge in [0.15, 0.2) is 5.78 Å². The lowest BCUT2D eigenvalue weighted by Crippen LogP contribution is -2.04. The maximum absolute atomic E-state index is 13.5. The van der Waals surface area contributed by atoms with Crippen molar-refractivity contribution in [1.29, 1.82) is 0 Å². The number of halogens is 1. The van der Waals surface area contributed by atoms with Gasteiger partial charge >= 0.3 is 0 Å². The van der Waals surface area contributed by atoms with Crippen molar-refractivity contribution < 1.29 is 9.18 Å². The molecule has 4 aromatic rings. The number of aromatic nitrogens is 2. The van der Waals surface area contributed by atoms with E-state index in [0.717, 1.165) is 26.4 Å². The SMILES string of the molecule is Cc1ccc(-c2c(C)sc3ncnc(SCC(=O)c4ccc(F)c(C)c4)c23)cc1C. The number of rotatable bonds is 5. The molecular weight excluding hydrogens is 415 g/mol. The van der Waals surface area contributed by atoms with Crippen LogP contribution in [0.5, 0.6) is 0 Å². The van der Waals surface area contributed by atoms with Crippen molar-refractivity contribution in [1.82, 2.24) is 9.97 Å². The predicted octanol–water partition coefficient (Wildman–Crippen LogP) is 6.71. The first kappa shape index (κ1) is 20.7. The number of carbonyl (C=O) groups excluding carboxylic acids is 1. The van der Waals surface area contributed by atoms with Crippen LogP contribution in [-0.2, 0) is 0 Å². The molecule has 0 radical (unpaired) electrons. The van der Waals surface area contributed by atoms with E-state index in [1.54, 1.807) is 30.7 Å². The van der Waals surface area contributed by atoms with Crippen LogP contribution in [0.15, 0.2) is 47.8 Å². The Morgan fingerprint density at radius 3 is 2.53 bits per heavy atom. The summed E-state index contributed by atoms with van der Waals surface area (Å²) in [6.45, 7) is 7.97. The topological polar surface area (TPSA) is 42.9 Å². The average molecular weight is 437 g/mol. The Hall–Kier alpha value is -2.57. The summed E-state index contributed by atoms with van der Waals surface area (Å²) in [5.74, 6) is -0.114. The number of thiophene rings is 1. The zero-order valence-corrected chi connectivity index (χ0v) is 18.9. The average Bonchev–Trinajstić information content (AvgIpc) is 3.06. The van der Waals surface area contributed by atoms with Gasteiger partial charge in [-0.05, 0) is 68.1 Å². The molecule has 0 unspecified atom stereocenters. The number of nitrogens with zero attached hydrogens (tertiary/aromatic N) is 2. The van der Waals surface area contributed by atoms with Gasteiger partial charge in [0.25, 0.3) is 0 Å². The van der Waals surface area contributed by atoms with Crippen molar-refractivity contribution in [3.63, 3.8) is 0 Å². The summed E-state index contributed by atoms with van der Waals surface area (Å²) in [7, 11) is 0. The molecule has 0 saturated carbocycles. The van der Waals surface area contributed by atoms with Crippen LogP contribution in [0.1, 0.15) is 31.9 Å². The van der Waals surface area contributed by atoms with Gasteiger partial charge in [0, 0.05) is 16.0 Å². The highest BCUT2D eigenvalue weighted by Gasteiger charge is 2.18. The summed E-state index contributed by atoms with van der Waals surface area (Å²) < 4.78 is 13.5. The van der Waals surface area contributed by atoms with E-state index in [1.807, 2.05) is 0 Å². The standard InChI is InChI=1S/C24H21FN2OS2/c1-13-5-6-18(9-14(13)2)21-16(4)30-24-22(21)23(26-12-27-24)29-11-20(28)17-7-8-19(25)15(3)10-17/h5-10,12H,11H2,1-4H3. The Morgan fingerprint density at radius 1 is 1.00 bits per heavy atom. The van der Waals surface area contributed by atoms with Gasteiger partial charge in [-0.1, -0.05) is 30.0 Å². The first-order valence-corrected chi connectivity index (χ1v) is 11.4. The number of Topliss-reactive ketones (excluding diaryl/α,β-unsaturated/α-hetero) is 1. The van der Waals surface area contributed by atoms with E-state index >= 15 is 0 Å². The molecule has 4 rings (SSSR count). The van der Waals surface area contributed by atoms with Crippen LogP contribution >= 0.6 is 23.1 Å². The molecule has 0 N–H and O–H groups in total. The fourth-order valence-corrected chi connectivity index (χ4v) is 5.38. The maximum atomic E-state index is 13.5. The zero-order valence-electron chi connectivity index (χ0n) is 17.2. The van der Waals surface area contributed by atoms with Crippen molar-refractivity contribution in [3.8, 4) is 11.1 Å². The molecule has 0 atom stereocenters. The number of ketones is 1. The molecular formula is C24H21FN2OS2. The molecule has 0 amide bonds. The molecule has 0 aliphatic rings. The second kappa shape index (κ2) is 8.28. The molecule has 0 aliphatic heterocycles. The lowest BCUT2D eigenvalue weighted by molar-refractivity contribution is 0.102. The summed E-state index contributed by atoms with van der Waals surface area (Å²) in [6, 6.07) is 10.9. The Morgan fingerprint density at radius 2 is 1.80 bits per heavy atom. The van der Waals surface area contributed by atoms with Gasteiger partial charge in [-0.3, -0.25) is 4.79 Å². The molecule has 3 nitrogen and oxygen atoms in total. The number of fused-ring (bicyclic) bond motifs is 1. The fourth-order valence-electron chi connectivity index (χ4n) is 3.41. The lowest BCUT2D eigenvalue weighted by atomic mass is 9.99. The predicted molar refractivity (Wildman–Crippen MR) is 123 cm³/mol. The molecule has 2 aromatic heterocycles. The van der Waals surface area contributed by atoms with Crippen molar-refractivity contribution >= 4 is 39.1 Å². The first-order chi connectivity index (χ1) is 14.3. The molecule has 2 heterocycles. The molecule has 0 aliphatic carbocycles. The van der Waals surface area contributed by atoms with Crippen LogP contribution in [0.25, 0.3) is 21.3 Å². The minimum Gasteiger partial charge on any atom is -0.293 e. The highest BCUT2D eigenvalue weighted by Crippen LogP contribution is 2.41. The number of thioether (sulfide) groups is 1. The summed E-state index contributed by atoms with van der Waals surface area (Å²) in [4.78, 5) is 23.7. The second-order valence-corrected chi connectivity index (χ2v) is 9.53. The molecule has 0 bridgehead atoms. The quantitative estimate of drug-likeness (QED) is 0.198. The Labute approximate surface area is 183 Å². The molecule has 2 aromatic carbocycles. The van der Waals surface area contributed by atoms with Crippen molar-refractivity contribution in [2.75, 3.05) is 5.75 Å². The van der Waals surface area contributed by atoms with Crippen LogP contribution in [0.2, 0.25) is 0 Å². The monoisotopic (exact) mass is 436 g/mol. The summed E-state index contributed by atoms with van der Waals surface area (Å²) in [5, 5.41) is 1.79. The molecule has 30 heavy (non-hydrogen) atoms. The van der Waals surface area contributed by atoms with E-state index in [-0.39, 0.29) is 17.4 Å². The number of carbonyl (C=O) groups is 1. The Bertz CT molecular complexity index is 1280. The van der Waals surface area contributed by atoms with Gasteiger partial charge in [-0.2, -0.15) is 0 Å². The van der Waals surface area contributed by atoms with Gasteiger partial charge in [-0.25, -0.2) is 14.4 Å². The zero-order chi connectivity index (χ0) is 21.4. The maximum Gasteiger partial charge on any atom is 0.173 e. The largest absolute Gasteiger partial charge is 0.293 e. The number of aryl methyl sites for hydroxylation is 4. The Kier molecular flexibility index (Phi) is 5.71. The van der Waals surface area contributed by atoms with Gasteiger partial charge in [0.05, 0.1) is 11.1 Å². The van der Waals surface area contributed by atoms with Gasteiger partial charge in [0.2, 0.25) is 0 Å². The summed E-state index contributed by atoms with van der Waals surface area (Å²) in [6.07, 6.45) is 1.55. The van der Waals surface area contributed by atoms with Crippen LogP contribution in [-0.4, -0.2) is 21.5 Å². The van der Waals surface area contributed by atoms with E-state index in [2.05, 4.69) is 48.9 Å². The van der Waals surface area contributed by atoms with Gasteiger partial charge in [-0.15, -0.1) is 11.3 Å². The highest BCUT2D eigenvalue weighted by atomic mass is 32.2. The number of benzene rings is 2. The fraction of sp³-hybridized carbons (Fsp3) is 0.208. The molecule has 0 saturated heterocycles. The van der Waals surface area contributed by atoms with E-state index in [1.165, 1.54) is 39.9 Å². The van der Waals surface area contributed by atoms with Crippen LogP contribution in [0.3, 0.4) is 0 Å². The normalized spacial score (nSPS) is 11.2. The Balaban J connectivity index is 1.70. The van der Waals surface area contributed by atoms with Gasteiger partial charge < -0.3 is 0 Å². The smallest absolute Gasteiger partial charge is 0.173 e. The van der Waals surface area contributed by atoms with E-state index in [9.17, 15) is 9.18 Å². The van der Waals surface area contributed by atoms with E-state index in [4.69, 9.17) is 0 Å². The van der Waals surface area contributed by atoms with Gasteiger partial charge in [0.1, 0.15) is 22.0 Å². The lowest BCUT2D eigenvalue weighted by Gasteiger charge is -2.08. The minimum absolute atomic E-state index is 0.0467. The van der Waals surface area contributed by atoms with Crippen LogP contribution in [0.4, 0.5) is 4.39 Å².